The van der Waals surface area contributed by atoms with E-state index in [-0.39, 0.29) is 0 Å². The molecule has 2 heterocycles. The zero-order valence-corrected chi connectivity index (χ0v) is 11.9. The van der Waals surface area contributed by atoms with Crippen molar-refractivity contribution in [1.82, 2.24) is 4.57 Å². The summed E-state index contributed by atoms with van der Waals surface area (Å²) >= 11 is 1.96. The lowest BCUT2D eigenvalue weighted by Gasteiger charge is -2.16. The number of hydrogen-bond donors (Lipinski definition) is 0. The van der Waals surface area contributed by atoms with E-state index in [0.717, 1.165) is 6.54 Å². The number of fused-ring (bicyclic) bond motifs is 2. The Morgan fingerprint density at radius 3 is 2.55 bits per heavy atom. The Balaban J connectivity index is 1.88. The number of thioether (sulfide) groups is 1. The van der Waals surface area contributed by atoms with Gasteiger partial charge in [0.1, 0.15) is 0 Å². The van der Waals surface area contributed by atoms with E-state index < -0.39 is 0 Å². The monoisotopic (exact) mass is 277 g/mol. The van der Waals surface area contributed by atoms with E-state index in [9.17, 15) is 0 Å². The maximum absolute atomic E-state index is 2.37. The van der Waals surface area contributed by atoms with Crippen LogP contribution in [0.2, 0.25) is 0 Å². The van der Waals surface area contributed by atoms with Crippen LogP contribution in [0.1, 0.15) is 22.1 Å². The second kappa shape index (κ2) is 4.88. The second-order valence-corrected chi connectivity index (χ2v) is 6.22. The Morgan fingerprint density at radius 2 is 1.65 bits per heavy atom. The third-order valence-electron chi connectivity index (χ3n) is 3.79. The molecule has 0 radical (unpaired) electrons. The third-order valence-corrected chi connectivity index (χ3v) is 5.20. The van der Waals surface area contributed by atoms with E-state index in [4.69, 9.17) is 0 Å². The fourth-order valence-electron chi connectivity index (χ4n) is 2.80. The smallest absolute Gasteiger partial charge is 0.0746 e. The van der Waals surface area contributed by atoms with Crippen molar-refractivity contribution in [3.05, 3.63) is 89.7 Å². The molecule has 0 amide bonds. The van der Waals surface area contributed by atoms with Gasteiger partial charge >= 0.3 is 0 Å². The normalized spacial score (nSPS) is 17.1. The lowest BCUT2D eigenvalue weighted by Crippen LogP contribution is -2.04. The minimum absolute atomic E-state index is 0.370. The number of rotatable bonds is 1. The SMILES string of the molecule is c1ccc([C@H]2Sc3ccccc3Cn3cccc32)cc1. The molecule has 3 aromatic rings. The first-order valence-electron chi connectivity index (χ1n) is 6.86. The van der Waals surface area contributed by atoms with Crippen molar-refractivity contribution in [1.29, 1.82) is 0 Å². The molecule has 2 heteroatoms. The molecule has 1 atom stereocenters. The average molecular weight is 277 g/mol. The lowest BCUT2D eigenvalue weighted by atomic mass is 10.1. The Labute approximate surface area is 123 Å². The van der Waals surface area contributed by atoms with Crippen molar-refractivity contribution in [3.63, 3.8) is 0 Å². The van der Waals surface area contributed by atoms with Gasteiger partial charge in [-0.2, -0.15) is 0 Å². The van der Waals surface area contributed by atoms with Crippen LogP contribution in [0.5, 0.6) is 0 Å². The maximum atomic E-state index is 2.37. The largest absolute Gasteiger partial charge is 0.346 e. The zero-order valence-electron chi connectivity index (χ0n) is 11.1. The topological polar surface area (TPSA) is 4.93 Å². The van der Waals surface area contributed by atoms with Crippen LogP contribution in [-0.2, 0) is 6.54 Å². The van der Waals surface area contributed by atoms with Crippen LogP contribution in [0.3, 0.4) is 0 Å². The van der Waals surface area contributed by atoms with Gasteiger partial charge in [-0.05, 0) is 29.3 Å². The van der Waals surface area contributed by atoms with Crippen molar-refractivity contribution in [2.24, 2.45) is 0 Å². The van der Waals surface area contributed by atoms with Gasteiger partial charge in [0.05, 0.1) is 5.25 Å². The van der Waals surface area contributed by atoms with Gasteiger partial charge in [0.25, 0.3) is 0 Å². The van der Waals surface area contributed by atoms with Gasteiger partial charge in [0.2, 0.25) is 0 Å². The Morgan fingerprint density at radius 1 is 0.850 bits per heavy atom. The number of benzene rings is 2. The highest BCUT2D eigenvalue weighted by Gasteiger charge is 2.23. The van der Waals surface area contributed by atoms with Crippen LogP contribution in [0.15, 0.2) is 77.8 Å². The maximum Gasteiger partial charge on any atom is 0.0746 e. The first-order chi connectivity index (χ1) is 9.92. The van der Waals surface area contributed by atoms with Crippen molar-refractivity contribution in [3.8, 4) is 0 Å². The van der Waals surface area contributed by atoms with Crippen LogP contribution in [0.25, 0.3) is 0 Å². The third kappa shape index (κ3) is 1.97. The molecule has 0 saturated heterocycles. The lowest BCUT2D eigenvalue weighted by molar-refractivity contribution is 0.754. The summed E-state index contributed by atoms with van der Waals surface area (Å²) in [7, 11) is 0. The van der Waals surface area contributed by atoms with E-state index in [1.54, 1.807) is 0 Å². The molecule has 0 unspecified atom stereocenters. The van der Waals surface area contributed by atoms with Gasteiger partial charge < -0.3 is 4.57 Å². The van der Waals surface area contributed by atoms with Crippen molar-refractivity contribution < 1.29 is 0 Å². The molecule has 0 N–H and O–H groups in total. The summed E-state index contributed by atoms with van der Waals surface area (Å²) in [5.74, 6) is 0. The van der Waals surface area contributed by atoms with Gasteiger partial charge in [-0.1, -0.05) is 48.5 Å². The van der Waals surface area contributed by atoms with Gasteiger partial charge in [-0.3, -0.25) is 0 Å². The number of nitrogens with zero attached hydrogens (tertiary/aromatic N) is 1. The highest BCUT2D eigenvalue weighted by atomic mass is 32.2. The summed E-state index contributed by atoms with van der Waals surface area (Å²) in [4.78, 5) is 1.39. The molecule has 4 rings (SSSR count). The molecular formula is C18H15NS. The van der Waals surface area contributed by atoms with Crippen LogP contribution in [-0.4, -0.2) is 4.57 Å². The van der Waals surface area contributed by atoms with Gasteiger partial charge in [0.15, 0.2) is 0 Å². The fraction of sp³-hybridized carbons (Fsp3) is 0.111. The molecular weight excluding hydrogens is 262 g/mol. The predicted octanol–water partition coefficient (Wildman–Crippen LogP) is 4.73. The van der Waals surface area contributed by atoms with Crippen LogP contribution < -0.4 is 0 Å². The summed E-state index contributed by atoms with van der Waals surface area (Å²) in [5, 5.41) is 0.370. The summed E-state index contributed by atoms with van der Waals surface area (Å²) in [6, 6.07) is 23.9. The molecule has 0 fully saturated rings. The Bertz CT molecular complexity index is 730. The molecule has 0 aliphatic carbocycles. The summed E-state index contributed by atoms with van der Waals surface area (Å²) < 4.78 is 2.37. The molecule has 2 aromatic carbocycles. The minimum Gasteiger partial charge on any atom is -0.346 e. The van der Waals surface area contributed by atoms with Crippen molar-refractivity contribution >= 4 is 11.8 Å². The van der Waals surface area contributed by atoms with Crippen LogP contribution in [0, 0.1) is 0 Å². The van der Waals surface area contributed by atoms with Gasteiger partial charge in [-0.25, -0.2) is 0 Å². The van der Waals surface area contributed by atoms with E-state index in [1.807, 2.05) is 11.8 Å². The molecule has 0 saturated carbocycles. The molecule has 98 valence electrons. The highest BCUT2D eigenvalue weighted by Crippen LogP contribution is 2.44. The molecule has 1 aromatic heterocycles. The molecule has 1 aliphatic heterocycles. The quantitative estimate of drug-likeness (QED) is 0.622. The van der Waals surface area contributed by atoms with E-state index in [0.29, 0.717) is 5.25 Å². The molecule has 1 aliphatic rings. The van der Waals surface area contributed by atoms with Gasteiger partial charge in [-0.15, -0.1) is 11.8 Å². The Hall–Kier alpha value is -1.93. The first kappa shape index (κ1) is 11.9. The van der Waals surface area contributed by atoms with Crippen molar-refractivity contribution in [2.75, 3.05) is 0 Å². The fourth-order valence-corrected chi connectivity index (χ4v) is 4.12. The second-order valence-electron chi connectivity index (χ2n) is 5.08. The Kier molecular flexibility index (Phi) is 2.89. The summed E-state index contributed by atoms with van der Waals surface area (Å²) in [5.41, 5.74) is 4.17. The number of aromatic nitrogens is 1. The molecule has 20 heavy (non-hydrogen) atoms. The van der Waals surface area contributed by atoms with Crippen LogP contribution in [0.4, 0.5) is 0 Å². The molecule has 1 nitrogen and oxygen atoms in total. The predicted molar refractivity (Wildman–Crippen MR) is 84.1 cm³/mol. The highest BCUT2D eigenvalue weighted by molar-refractivity contribution is 7.99. The van der Waals surface area contributed by atoms with Crippen molar-refractivity contribution in [2.45, 2.75) is 16.7 Å². The van der Waals surface area contributed by atoms with E-state index in [2.05, 4.69) is 77.5 Å². The summed E-state index contributed by atoms with van der Waals surface area (Å²) in [6.45, 7) is 0.967. The molecule has 0 spiro atoms. The average Bonchev–Trinajstić information content (AvgIpc) is 2.89. The van der Waals surface area contributed by atoms with Crippen LogP contribution >= 0.6 is 11.8 Å². The number of hydrogen-bond acceptors (Lipinski definition) is 1. The molecule has 0 bridgehead atoms. The zero-order chi connectivity index (χ0) is 13.4. The minimum atomic E-state index is 0.370. The standard InChI is InChI=1S/C18H15NS/c1-2-7-14(8-3-1)18-16-10-6-12-19(16)13-15-9-4-5-11-17(15)20-18/h1-12,18H,13H2/t18-/m1/s1. The summed E-state index contributed by atoms with van der Waals surface area (Å²) in [6.07, 6.45) is 2.19. The van der Waals surface area contributed by atoms with Gasteiger partial charge in [0, 0.05) is 23.3 Å². The first-order valence-corrected chi connectivity index (χ1v) is 7.74. The van der Waals surface area contributed by atoms with E-state index >= 15 is 0 Å². The van der Waals surface area contributed by atoms with E-state index in [1.165, 1.54) is 21.7 Å².